The Hall–Kier alpha value is 0.217. The summed E-state index contributed by atoms with van der Waals surface area (Å²) in [7, 11) is 0. The Morgan fingerprint density at radius 2 is 0.603 bits per heavy atom. The number of hydrogen-bond donors (Lipinski definition) is 0. The van der Waals surface area contributed by atoms with Gasteiger partial charge in [0.1, 0.15) is 0 Å². The van der Waals surface area contributed by atoms with Gasteiger partial charge in [-0.2, -0.15) is 0 Å². The molecule has 0 amide bonds. The van der Waals surface area contributed by atoms with Gasteiger partial charge < -0.3 is 0 Å². The number of unbranched alkanes of at least 4 members (excludes halogenated alkanes) is 20. The van der Waals surface area contributed by atoms with Crippen LogP contribution in [0.1, 0.15) is 230 Å². The molecule has 1 aromatic carbocycles. The van der Waals surface area contributed by atoms with Crippen LogP contribution in [0.15, 0.2) is 24.3 Å². The molecule has 0 radical (unpaired) electrons. The third-order valence-electron chi connectivity index (χ3n) is 14.5. The molecule has 326 valence electrons. The van der Waals surface area contributed by atoms with E-state index in [1.165, 1.54) is 180 Å². The van der Waals surface area contributed by atoms with E-state index in [2.05, 4.69) is 104 Å². The maximum absolute atomic E-state index is 2.91. The van der Waals surface area contributed by atoms with E-state index in [1.807, 2.05) is 5.79 Å². The van der Waals surface area contributed by atoms with Gasteiger partial charge in [0.15, 0.2) is 0 Å². The molecular formula is C54H90S2Sn2. The van der Waals surface area contributed by atoms with Crippen molar-refractivity contribution in [1.29, 1.82) is 0 Å². The SMILES string of the molecule is CCCCCCCCC1(CCCCCCCC)c2cc3c(cc2-c2s[c]([Sn]([CH3])([CH3])[CH3])cc21)C(CCCCCCCC)(CCCCCCCC)c1c[c]([Sn]([CH3])([CH3])[CH3])sc1-3. The molecule has 0 saturated heterocycles. The molecule has 0 spiro atoms. The second-order valence-electron chi connectivity index (χ2n) is 21.4. The Balaban J connectivity index is 1.66. The molecule has 4 heteroatoms. The minimum atomic E-state index is -2.31. The van der Waals surface area contributed by atoms with Crippen molar-refractivity contribution in [1.82, 2.24) is 0 Å². The Morgan fingerprint density at radius 3 is 0.862 bits per heavy atom. The van der Waals surface area contributed by atoms with Crippen molar-refractivity contribution >= 4 is 65.2 Å². The number of fused-ring (bicyclic) bond motifs is 6. The van der Waals surface area contributed by atoms with E-state index >= 15 is 0 Å². The van der Waals surface area contributed by atoms with Gasteiger partial charge in [0, 0.05) is 0 Å². The molecule has 5 rings (SSSR count). The van der Waals surface area contributed by atoms with Crippen molar-refractivity contribution in [2.45, 2.75) is 248 Å². The number of benzene rings is 1. The molecule has 3 aromatic rings. The predicted molar refractivity (Wildman–Crippen MR) is 273 cm³/mol. The molecule has 2 heterocycles. The van der Waals surface area contributed by atoms with Crippen LogP contribution in [0.4, 0.5) is 0 Å². The maximum atomic E-state index is 2.91. The third kappa shape index (κ3) is 11.9. The fourth-order valence-corrected chi connectivity index (χ4v) is 23.8. The van der Waals surface area contributed by atoms with Gasteiger partial charge >= 0.3 is 381 Å². The van der Waals surface area contributed by atoms with Crippen molar-refractivity contribution < 1.29 is 0 Å². The molecule has 0 aliphatic heterocycles. The first kappa shape index (κ1) is 49.2. The van der Waals surface area contributed by atoms with Crippen molar-refractivity contribution in [2.75, 3.05) is 0 Å². The van der Waals surface area contributed by atoms with Crippen molar-refractivity contribution in [3.05, 3.63) is 46.5 Å². The molecule has 0 fully saturated rings. The molecule has 2 aliphatic rings. The summed E-state index contributed by atoms with van der Waals surface area (Å²) >= 11 is -0.0712. The van der Waals surface area contributed by atoms with E-state index in [9.17, 15) is 0 Å². The van der Waals surface area contributed by atoms with Crippen LogP contribution in [-0.4, -0.2) is 36.8 Å². The van der Waals surface area contributed by atoms with Gasteiger partial charge in [0.25, 0.3) is 0 Å². The standard InChI is InChI=1S/C48H72S2.6CH3.2Sn/c1-5-9-13-17-21-25-31-47(32-26-22-18-14-10-6-2)41-29-35-49-45(41)39-38-44-40(37-43(39)47)46-42(30-36-50-46)48(44,33-27-23-19-15-11-7-3)34-28-24-20-16-12-8-4;;;;;;;;/h29-30,37-38H,5-28,31-34H2,1-4H3;6*1H3;;. The molecule has 2 aromatic heterocycles. The summed E-state index contributed by atoms with van der Waals surface area (Å²) in [6.45, 7) is 9.45. The van der Waals surface area contributed by atoms with Crippen molar-refractivity contribution in [2.24, 2.45) is 0 Å². The topological polar surface area (TPSA) is 0 Å². The van der Waals surface area contributed by atoms with E-state index in [1.54, 1.807) is 43.1 Å². The van der Waals surface area contributed by atoms with Gasteiger partial charge in [-0.25, -0.2) is 0 Å². The zero-order valence-electron chi connectivity index (χ0n) is 39.9. The molecule has 0 nitrogen and oxygen atoms in total. The number of rotatable bonds is 30. The van der Waals surface area contributed by atoms with Gasteiger partial charge in [-0.15, -0.1) is 0 Å². The van der Waals surface area contributed by atoms with Crippen LogP contribution in [0, 0.1) is 0 Å². The van der Waals surface area contributed by atoms with E-state index in [0.29, 0.717) is 0 Å². The molecule has 0 atom stereocenters. The first-order valence-corrected chi connectivity index (χ1v) is 47.0. The quantitative estimate of drug-likeness (QED) is 0.0461. The average molecular weight is 1040 g/mol. The summed E-state index contributed by atoms with van der Waals surface area (Å²) in [5, 5.41) is 0. The van der Waals surface area contributed by atoms with Crippen molar-refractivity contribution in [3.63, 3.8) is 0 Å². The fraction of sp³-hybridized carbons (Fsp3) is 0.741. The zero-order chi connectivity index (χ0) is 41.8. The van der Waals surface area contributed by atoms with Crippen LogP contribution in [-0.2, 0) is 10.8 Å². The van der Waals surface area contributed by atoms with E-state index < -0.39 is 36.8 Å². The molecule has 58 heavy (non-hydrogen) atoms. The Bertz CT molecular complexity index is 1520. The van der Waals surface area contributed by atoms with E-state index in [0.717, 1.165) is 0 Å². The normalized spacial score (nSPS) is 15.2. The number of hydrogen-bond acceptors (Lipinski definition) is 2. The van der Waals surface area contributed by atoms with Gasteiger partial charge in [-0.05, 0) is 0 Å². The third-order valence-corrected chi connectivity index (χ3v) is 35.7. The summed E-state index contributed by atoms with van der Waals surface area (Å²) in [4.78, 5) is 19.5. The van der Waals surface area contributed by atoms with Crippen LogP contribution >= 0.6 is 22.7 Å². The van der Waals surface area contributed by atoms with Gasteiger partial charge in [0.05, 0.1) is 0 Å². The van der Waals surface area contributed by atoms with Crippen LogP contribution in [0.3, 0.4) is 0 Å². The summed E-state index contributed by atoms with van der Waals surface area (Å²) in [6, 6.07) is 11.5. The first-order chi connectivity index (χ1) is 27.9. The molecule has 0 unspecified atom stereocenters. The molecular weight excluding hydrogens is 950 g/mol. The summed E-state index contributed by atoms with van der Waals surface area (Å²) in [6.07, 6.45) is 38.8. The number of thiophene rings is 2. The Labute approximate surface area is 377 Å². The summed E-state index contributed by atoms with van der Waals surface area (Å²) in [5.41, 5.74) is 10.9. The fourth-order valence-electron chi connectivity index (χ4n) is 10.8. The van der Waals surface area contributed by atoms with Crippen molar-refractivity contribution in [3.8, 4) is 20.9 Å². The first-order valence-electron chi connectivity index (χ1n) is 25.4. The molecule has 2 aliphatic carbocycles. The second kappa shape index (κ2) is 23.2. The Morgan fingerprint density at radius 1 is 0.345 bits per heavy atom. The molecule has 0 saturated carbocycles. The monoisotopic (exact) mass is 1040 g/mol. The zero-order valence-corrected chi connectivity index (χ0v) is 47.3. The van der Waals surface area contributed by atoms with Gasteiger partial charge in [-0.1, -0.05) is 0 Å². The van der Waals surface area contributed by atoms with Crippen LogP contribution in [0.5, 0.6) is 0 Å². The van der Waals surface area contributed by atoms with E-state index in [-0.39, 0.29) is 10.8 Å². The minimum absolute atomic E-state index is 0.189. The van der Waals surface area contributed by atoms with Gasteiger partial charge in [-0.3, -0.25) is 0 Å². The van der Waals surface area contributed by atoms with Crippen LogP contribution < -0.4 is 5.79 Å². The van der Waals surface area contributed by atoms with Gasteiger partial charge in [0.2, 0.25) is 0 Å². The summed E-state index contributed by atoms with van der Waals surface area (Å²) < 4.78 is 3.63. The predicted octanol–water partition coefficient (Wildman–Crippen LogP) is 18.4. The average Bonchev–Trinajstić information content (AvgIpc) is 3.94. The second-order valence-corrected chi connectivity index (χ2v) is 54.3. The van der Waals surface area contributed by atoms with E-state index in [4.69, 9.17) is 0 Å². The van der Waals surface area contributed by atoms with Crippen LogP contribution in [0.2, 0.25) is 29.6 Å². The Kier molecular flexibility index (Phi) is 19.7. The molecule has 0 N–H and O–H groups in total. The molecule has 0 bridgehead atoms. The van der Waals surface area contributed by atoms with Crippen LogP contribution in [0.25, 0.3) is 20.9 Å². The summed E-state index contributed by atoms with van der Waals surface area (Å²) in [5.74, 6) is 0.